The first kappa shape index (κ1) is 17.9. The molecule has 0 radical (unpaired) electrons. The Morgan fingerprint density at radius 3 is 2.67 bits per heavy atom. The number of hydrogen-bond acceptors (Lipinski definition) is 4. The van der Waals surface area contributed by atoms with Crippen molar-refractivity contribution in [2.45, 2.75) is 39.3 Å². The molecular weight excluding hydrogens is 273 g/mol. The normalized spacial score (nSPS) is 14.0. The van der Waals surface area contributed by atoms with Crippen molar-refractivity contribution in [2.24, 2.45) is 0 Å². The van der Waals surface area contributed by atoms with Crippen molar-refractivity contribution in [3.63, 3.8) is 0 Å². The fraction of sp³-hybridized carbons (Fsp3) is 0.625. The summed E-state index contributed by atoms with van der Waals surface area (Å²) < 4.78 is 24.3. The zero-order valence-corrected chi connectivity index (χ0v) is 13.1. The van der Waals surface area contributed by atoms with Crippen LogP contribution in [0.25, 0.3) is 0 Å². The number of rotatable bonds is 10. The summed E-state index contributed by atoms with van der Waals surface area (Å²) >= 11 is 0. The largest absolute Gasteiger partial charge is 0.488 e. The summed E-state index contributed by atoms with van der Waals surface area (Å²) in [5.41, 5.74) is 0.878. The lowest BCUT2D eigenvalue weighted by molar-refractivity contribution is 0.0157. The average Bonchev–Trinajstić information content (AvgIpc) is 2.49. The first-order valence-corrected chi connectivity index (χ1v) is 7.49. The SMILES string of the molecule is CCCNC(C)c1ccc(OCC(O)COCC)c(F)c1. The van der Waals surface area contributed by atoms with Crippen molar-refractivity contribution in [1.82, 2.24) is 5.32 Å². The monoisotopic (exact) mass is 299 g/mol. The zero-order valence-electron chi connectivity index (χ0n) is 13.1. The zero-order chi connectivity index (χ0) is 15.7. The Morgan fingerprint density at radius 1 is 1.29 bits per heavy atom. The third kappa shape index (κ3) is 6.42. The van der Waals surface area contributed by atoms with Crippen LogP contribution in [0.2, 0.25) is 0 Å². The Bertz CT molecular complexity index is 415. The average molecular weight is 299 g/mol. The van der Waals surface area contributed by atoms with E-state index in [1.807, 2.05) is 19.9 Å². The lowest BCUT2D eigenvalue weighted by Crippen LogP contribution is -2.23. The van der Waals surface area contributed by atoms with Gasteiger partial charge >= 0.3 is 0 Å². The second kappa shape index (κ2) is 9.71. The van der Waals surface area contributed by atoms with Crippen LogP contribution in [-0.4, -0.2) is 37.6 Å². The molecule has 0 fully saturated rings. The van der Waals surface area contributed by atoms with Crippen molar-refractivity contribution in [3.05, 3.63) is 29.6 Å². The van der Waals surface area contributed by atoms with Gasteiger partial charge in [0.05, 0.1) is 6.61 Å². The molecule has 0 aliphatic rings. The number of hydrogen-bond donors (Lipinski definition) is 2. The molecule has 1 aromatic carbocycles. The van der Waals surface area contributed by atoms with Crippen LogP contribution < -0.4 is 10.1 Å². The van der Waals surface area contributed by atoms with E-state index in [1.165, 1.54) is 6.07 Å². The summed E-state index contributed by atoms with van der Waals surface area (Å²) in [5.74, 6) is -0.266. The van der Waals surface area contributed by atoms with Crippen LogP contribution in [0.3, 0.4) is 0 Å². The van der Waals surface area contributed by atoms with Gasteiger partial charge in [0, 0.05) is 12.6 Å². The molecule has 1 aromatic rings. The summed E-state index contributed by atoms with van der Waals surface area (Å²) in [4.78, 5) is 0. The highest BCUT2D eigenvalue weighted by atomic mass is 19.1. The number of nitrogens with one attached hydrogen (secondary N) is 1. The quantitative estimate of drug-likeness (QED) is 0.697. The van der Waals surface area contributed by atoms with E-state index < -0.39 is 11.9 Å². The Kier molecular flexibility index (Phi) is 8.27. The highest BCUT2D eigenvalue weighted by Gasteiger charge is 2.11. The Hall–Kier alpha value is -1.17. The van der Waals surface area contributed by atoms with Crippen molar-refractivity contribution in [3.8, 4) is 5.75 Å². The van der Waals surface area contributed by atoms with Gasteiger partial charge < -0.3 is 19.9 Å². The van der Waals surface area contributed by atoms with Crippen molar-refractivity contribution >= 4 is 0 Å². The van der Waals surface area contributed by atoms with Gasteiger partial charge in [0.1, 0.15) is 12.7 Å². The van der Waals surface area contributed by atoms with Crippen LogP contribution in [0.15, 0.2) is 18.2 Å². The molecule has 5 heteroatoms. The maximum absolute atomic E-state index is 14.0. The van der Waals surface area contributed by atoms with Gasteiger partial charge in [-0.25, -0.2) is 4.39 Å². The van der Waals surface area contributed by atoms with Crippen LogP contribution in [-0.2, 0) is 4.74 Å². The van der Waals surface area contributed by atoms with Crippen LogP contribution >= 0.6 is 0 Å². The van der Waals surface area contributed by atoms with E-state index in [0.29, 0.717) is 6.61 Å². The maximum Gasteiger partial charge on any atom is 0.165 e. The topological polar surface area (TPSA) is 50.7 Å². The van der Waals surface area contributed by atoms with Crippen molar-refractivity contribution in [1.29, 1.82) is 0 Å². The number of benzene rings is 1. The Labute approximate surface area is 126 Å². The van der Waals surface area contributed by atoms with Crippen molar-refractivity contribution in [2.75, 3.05) is 26.4 Å². The molecule has 0 saturated heterocycles. The maximum atomic E-state index is 14.0. The highest BCUT2D eigenvalue weighted by Crippen LogP contribution is 2.22. The minimum atomic E-state index is -0.755. The predicted molar refractivity (Wildman–Crippen MR) is 81.1 cm³/mol. The molecular formula is C16H26FNO3. The summed E-state index contributed by atoms with van der Waals surface area (Å²) in [5, 5.41) is 12.9. The molecule has 0 aromatic heterocycles. The molecule has 0 bridgehead atoms. The van der Waals surface area contributed by atoms with E-state index in [4.69, 9.17) is 9.47 Å². The summed E-state index contributed by atoms with van der Waals surface area (Å²) in [6, 6.07) is 5.00. The fourth-order valence-electron chi connectivity index (χ4n) is 1.87. The Morgan fingerprint density at radius 2 is 2.05 bits per heavy atom. The second-order valence-electron chi connectivity index (χ2n) is 4.99. The van der Waals surface area contributed by atoms with Crippen molar-refractivity contribution < 1.29 is 19.0 Å². The molecule has 0 aliphatic heterocycles. The van der Waals surface area contributed by atoms with Crippen LogP contribution in [0.1, 0.15) is 38.8 Å². The molecule has 0 aliphatic carbocycles. The lowest BCUT2D eigenvalue weighted by atomic mass is 10.1. The molecule has 0 spiro atoms. The standard InChI is InChI=1S/C16H26FNO3/c1-4-8-18-12(3)13-6-7-16(15(17)9-13)21-11-14(19)10-20-5-2/h6-7,9,12,14,18-19H,4-5,8,10-11H2,1-3H3. The van der Waals surface area contributed by atoms with Crippen LogP contribution in [0, 0.1) is 5.82 Å². The number of halogens is 1. The smallest absolute Gasteiger partial charge is 0.165 e. The van der Waals surface area contributed by atoms with E-state index >= 15 is 0 Å². The molecule has 21 heavy (non-hydrogen) atoms. The van der Waals surface area contributed by atoms with Crippen LogP contribution in [0.4, 0.5) is 4.39 Å². The van der Waals surface area contributed by atoms with Gasteiger partial charge in [0.15, 0.2) is 11.6 Å². The molecule has 120 valence electrons. The third-order valence-electron chi connectivity index (χ3n) is 3.10. The summed E-state index contributed by atoms with van der Waals surface area (Å²) in [7, 11) is 0. The third-order valence-corrected chi connectivity index (χ3v) is 3.10. The van der Waals surface area contributed by atoms with Crippen LogP contribution in [0.5, 0.6) is 5.75 Å². The number of aliphatic hydroxyl groups is 1. The van der Waals surface area contributed by atoms with E-state index in [2.05, 4.69) is 12.2 Å². The molecule has 0 saturated carbocycles. The van der Waals surface area contributed by atoms with Gasteiger partial charge in [-0.05, 0) is 44.5 Å². The molecule has 2 atom stereocenters. The summed E-state index contributed by atoms with van der Waals surface area (Å²) in [6.45, 7) is 7.56. The molecule has 0 heterocycles. The van der Waals surface area contributed by atoms with E-state index in [-0.39, 0.29) is 25.0 Å². The molecule has 0 amide bonds. The predicted octanol–water partition coefficient (Wildman–Crippen LogP) is 2.66. The minimum Gasteiger partial charge on any atom is -0.488 e. The fourth-order valence-corrected chi connectivity index (χ4v) is 1.87. The van der Waals surface area contributed by atoms with Gasteiger partial charge in [-0.3, -0.25) is 0 Å². The highest BCUT2D eigenvalue weighted by molar-refractivity contribution is 5.30. The van der Waals surface area contributed by atoms with Gasteiger partial charge in [0.25, 0.3) is 0 Å². The summed E-state index contributed by atoms with van der Waals surface area (Å²) in [6.07, 6.45) is 0.278. The van der Waals surface area contributed by atoms with E-state index in [0.717, 1.165) is 18.5 Å². The van der Waals surface area contributed by atoms with E-state index in [9.17, 15) is 9.50 Å². The number of ether oxygens (including phenoxy) is 2. The second-order valence-corrected chi connectivity index (χ2v) is 4.99. The molecule has 1 rings (SSSR count). The molecule has 4 nitrogen and oxygen atoms in total. The van der Waals surface area contributed by atoms with Gasteiger partial charge in [-0.15, -0.1) is 0 Å². The van der Waals surface area contributed by atoms with E-state index in [1.54, 1.807) is 6.07 Å². The molecule has 2 unspecified atom stereocenters. The minimum absolute atomic E-state index is 0.0138. The van der Waals surface area contributed by atoms with Gasteiger partial charge in [-0.2, -0.15) is 0 Å². The van der Waals surface area contributed by atoms with Gasteiger partial charge in [0.2, 0.25) is 0 Å². The first-order chi connectivity index (χ1) is 10.1. The number of aliphatic hydroxyl groups excluding tert-OH is 1. The Balaban J connectivity index is 2.53. The first-order valence-electron chi connectivity index (χ1n) is 7.49. The lowest BCUT2D eigenvalue weighted by Gasteiger charge is -2.16. The molecule has 2 N–H and O–H groups in total. The van der Waals surface area contributed by atoms with Gasteiger partial charge in [-0.1, -0.05) is 13.0 Å².